The highest BCUT2D eigenvalue weighted by Gasteiger charge is 2.56. The average Bonchev–Trinajstić information content (AvgIpc) is 2.30. The van der Waals surface area contributed by atoms with Crippen molar-refractivity contribution in [1.82, 2.24) is 0 Å². The summed E-state index contributed by atoms with van der Waals surface area (Å²) in [5.41, 5.74) is -0.612. The minimum Gasteiger partial charge on any atom is -0.429 e. The van der Waals surface area contributed by atoms with Crippen molar-refractivity contribution in [3.8, 4) is 0 Å². The average molecular weight is 214 g/mol. The number of carbonyl (C=O) groups is 1. The lowest BCUT2D eigenvalue weighted by atomic mass is 9.84. The Hall–Kier alpha value is -0.870. The number of carbonyl (C=O) groups excluding carboxylic acids is 1. The van der Waals surface area contributed by atoms with E-state index in [0.717, 1.165) is 0 Å². The highest BCUT2D eigenvalue weighted by molar-refractivity contribution is 5.87. The number of rotatable bonds is 2. The molecule has 2 N–H and O–H groups in total. The van der Waals surface area contributed by atoms with Gasteiger partial charge in [-0.1, -0.05) is 20.4 Å². The molecule has 15 heavy (non-hydrogen) atoms. The summed E-state index contributed by atoms with van der Waals surface area (Å²) in [5, 5.41) is 19.8. The molecule has 2 unspecified atom stereocenters. The molecule has 1 aliphatic rings. The molecule has 0 aromatic carbocycles. The first kappa shape index (κ1) is 12.2. The fourth-order valence-corrected chi connectivity index (χ4v) is 1.70. The van der Waals surface area contributed by atoms with Gasteiger partial charge in [0, 0.05) is 12.0 Å². The third-order valence-electron chi connectivity index (χ3n) is 3.21. The van der Waals surface area contributed by atoms with Gasteiger partial charge in [-0.3, -0.25) is 0 Å². The normalized spacial score (nSPS) is 33.8. The Morgan fingerprint density at radius 1 is 1.53 bits per heavy atom. The van der Waals surface area contributed by atoms with E-state index in [4.69, 9.17) is 4.74 Å². The van der Waals surface area contributed by atoms with Crippen molar-refractivity contribution in [3.63, 3.8) is 0 Å². The summed E-state index contributed by atoms with van der Waals surface area (Å²) in [6.45, 7) is 8.32. The number of esters is 1. The Bertz CT molecular complexity index is 295. The Balaban J connectivity index is 2.85. The van der Waals surface area contributed by atoms with Crippen LogP contribution in [-0.4, -0.2) is 28.1 Å². The second kappa shape index (κ2) is 3.61. The molecular weight excluding hydrogens is 196 g/mol. The lowest BCUT2D eigenvalue weighted by Gasteiger charge is -2.37. The molecule has 0 aromatic rings. The third-order valence-corrected chi connectivity index (χ3v) is 3.21. The van der Waals surface area contributed by atoms with Crippen molar-refractivity contribution in [2.24, 2.45) is 5.41 Å². The van der Waals surface area contributed by atoms with Crippen LogP contribution in [0.15, 0.2) is 12.2 Å². The zero-order valence-corrected chi connectivity index (χ0v) is 9.41. The van der Waals surface area contributed by atoms with Crippen molar-refractivity contribution >= 4 is 5.97 Å². The lowest BCUT2D eigenvalue weighted by Crippen LogP contribution is -2.48. The summed E-state index contributed by atoms with van der Waals surface area (Å²) in [4.78, 5) is 11.3. The minimum atomic E-state index is -1.59. The van der Waals surface area contributed by atoms with Crippen molar-refractivity contribution < 1.29 is 19.7 Å². The summed E-state index contributed by atoms with van der Waals surface area (Å²) >= 11 is 0. The summed E-state index contributed by atoms with van der Waals surface area (Å²) in [6.07, 6.45) is 0.00749. The van der Waals surface area contributed by atoms with Crippen molar-refractivity contribution in [1.29, 1.82) is 0 Å². The Morgan fingerprint density at radius 2 is 2.07 bits per heavy atom. The smallest absolute Gasteiger partial charge is 0.335 e. The van der Waals surface area contributed by atoms with Crippen LogP contribution in [0.4, 0.5) is 0 Å². The van der Waals surface area contributed by atoms with Gasteiger partial charge >= 0.3 is 5.97 Å². The zero-order valence-electron chi connectivity index (χ0n) is 9.41. The molecule has 0 aliphatic heterocycles. The molecule has 4 heteroatoms. The summed E-state index contributed by atoms with van der Waals surface area (Å²) in [6, 6.07) is 0. The molecular formula is C11H18O4. The van der Waals surface area contributed by atoms with Gasteiger partial charge in [-0.25, -0.2) is 4.79 Å². The van der Waals surface area contributed by atoms with Crippen molar-refractivity contribution in [2.45, 2.75) is 45.5 Å². The maximum Gasteiger partial charge on any atom is 0.335 e. The van der Waals surface area contributed by atoms with Gasteiger partial charge in [-0.15, -0.1) is 0 Å². The van der Waals surface area contributed by atoms with Gasteiger partial charge in [0.15, 0.2) is 0 Å². The minimum absolute atomic E-state index is 0.237. The van der Waals surface area contributed by atoms with E-state index in [9.17, 15) is 15.0 Å². The molecule has 0 saturated heterocycles. The van der Waals surface area contributed by atoms with E-state index in [1.807, 2.05) is 0 Å². The van der Waals surface area contributed by atoms with E-state index in [1.165, 1.54) is 6.92 Å². The Morgan fingerprint density at radius 3 is 2.40 bits per heavy atom. The van der Waals surface area contributed by atoms with Crippen LogP contribution in [0.25, 0.3) is 0 Å². The second-order valence-corrected chi connectivity index (χ2v) is 4.73. The summed E-state index contributed by atoms with van der Waals surface area (Å²) < 4.78 is 5.00. The Labute approximate surface area is 89.6 Å². The van der Waals surface area contributed by atoms with Gasteiger partial charge in [0.05, 0.1) is 11.5 Å². The van der Waals surface area contributed by atoms with Gasteiger partial charge in [0.1, 0.15) is 0 Å². The topological polar surface area (TPSA) is 66.8 Å². The number of aliphatic hydroxyl groups is 2. The van der Waals surface area contributed by atoms with Crippen LogP contribution >= 0.6 is 0 Å². The third kappa shape index (κ3) is 1.92. The molecule has 1 aliphatic carbocycles. The molecule has 0 heterocycles. The zero-order chi connectivity index (χ0) is 11.9. The fraction of sp³-hybridized carbons (Fsp3) is 0.727. The highest BCUT2D eigenvalue weighted by Crippen LogP contribution is 2.46. The molecule has 1 rings (SSSR count). The van der Waals surface area contributed by atoms with Crippen LogP contribution in [0.3, 0.4) is 0 Å². The van der Waals surface area contributed by atoms with Crippen LogP contribution in [0, 0.1) is 5.41 Å². The van der Waals surface area contributed by atoms with Crippen LogP contribution in [0.1, 0.15) is 33.6 Å². The van der Waals surface area contributed by atoms with Crippen molar-refractivity contribution in [3.05, 3.63) is 12.2 Å². The monoisotopic (exact) mass is 214 g/mol. The van der Waals surface area contributed by atoms with E-state index >= 15 is 0 Å². The van der Waals surface area contributed by atoms with Crippen LogP contribution in [0.2, 0.25) is 0 Å². The lowest BCUT2D eigenvalue weighted by molar-refractivity contribution is -0.248. The largest absolute Gasteiger partial charge is 0.429 e. The fourth-order valence-electron chi connectivity index (χ4n) is 1.70. The first-order valence-electron chi connectivity index (χ1n) is 5.00. The van der Waals surface area contributed by atoms with Gasteiger partial charge in [0.2, 0.25) is 5.79 Å². The molecule has 0 spiro atoms. The second-order valence-electron chi connectivity index (χ2n) is 4.73. The number of ether oxygens (including phenoxy) is 1. The maximum atomic E-state index is 11.3. The quantitative estimate of drug-likeness (QED) is 0.408. The predicted octanol–water partition coefficient (Wildman–Crippen LogP) is 0.975. The van der Waals surface area contributed by atoms with Crippen LogP contribution in [0.5, 0.6) is 0 Å². The molecule has 0 aromatic heterocycles. The number of hydrogen-bond donors (Lipinski definition) is 2. The predicted molar refractivity (Wildman–Crippen MR) is 54.9 cm³/mol. The van der Waals surface area contributed by atoms with E-state index in [1.54, 1.807) is 13.8 Å². The molecule has 0 radical (unpaired) electrons. The molecule has 0 bridgehead atoms. The van der Waals surface area contributed by atoms with Gasteiger partial charge in [-0.05, 0) is 13.3 Å². The maximum absolute atomic E-state index is 11.3. The molecule has 0 amide bonds. The van der Waals surface area contributed by atoms with Gasteiger partial charge in [-0.2, -0.15) is 0 Å². The molecule has 2 atom stereocenters. The van der Waals surface area contributed by atoms with Crippen molar-refractivity contribution in [2.75, 3.05) is 0 Å². The first-order chi connectivity index (χ1) is 6.71. The van der Waals surface area contributed by atoms with E-state index in [-0.39, 0.29) is 12.0 Å². The molecule has 1 fully saturated rings. The standard InChI is InChI=1S/C11H18O4/c1-7(2)9(13)15-11(14)6-5-8(12)10(11,3)4/h8,12,14H,1,5-6H2,2-4H3. The van der Waals surface area contributed by atoms with E-state index in [2.05, 4.69) is 6.58 Å². The highest BCUT2D eigenvalue weighted by atomic mass is 16.7. The van der Waals surface area contributed by atoms with Crippen LogP contribution < -0.4 is 0 Å². The molecule has 86 valence electrons. The van der Waals surface area contributed by atoms with Gasteiger partial charge in [0.25, 0.3) is 0 Å². The van der Waals surface area contributed by atoms with Gasteiger partial charge < -0.3 is 14.9 Å². The van der Waals surface area contributed by atoms with E-state index in [0.29, 0.717) is 6.42 Å². The van der Waals surface area contributed by atoms with Crippen LogP contribution in [-0.2, 0) is 9.53 Å². The number of hydrogen-bond acceptors (Lipinski definition) is 4. The first-order valence-corrected chi connectivity index (χ1v) is 5.00. The molecule has 4 nitrogen and oxygen atoms in total. The SMILES string of the molecule is C=C(C)C(=O)OC1(O)CCC(O)C1(C)C. The molecule has 1 saturated carbocycles. The number of aliphatic hydroxyl groups excluding tert-OH is 1. The summed E-state index contributed by atoms with van der Waals surface area (Å²) in [7, 11) is 0. The summed E-state index contributed by atoms with van der Waals surface area (Å²) in [5.74, 6) is -2.22. The van der Waals surface area contributed by atoms with E-state index < -0.39 is 23.3 Å². The Kier molecular flexibility index (Phi) is 2.94.